The fraction of sp³-hybridized carbons (Fsp3) is 0.200. The van der Waals surface area contributed by atoms with E-state index in [0.29, 0.717) is 42.4 Å². The van der Waals surface area contributed by atoms with Gasteiger partial charge in [-0.3, -0.25) is 0 Å². The van der Waals surface area contributed by atoms with Gasteiger partial charge in [0, 0.05) is 35.4 Å². The molecule has 6 rings (SSSR count). The van der Waals surface area contributed by atoms with Crippen molar-refractivity contribution in [2.75, 3.05) is 24.7 Å². The molecular weight excluding hydrogens is 450 g/mol. The van der Waals surface area contributed by atoms with E-state index in [1.807, 2.05) is 30.5 Å². The van der Waals surface area contributed by atoms with E-state index in [0.717, 1.165) is 16.5 Å². The van der Waals surface area contributed by atoms with E-state index in [-0.39, 0.29) is 10.9 Å². The number of hydrogen-bond donors (Lipinski definition) is 1. The normalized spacial score (nSPS) is 17.0. The standard InChI is InChI=1S/C25H23N5O3S/c1-17-16-33-15-14-29(17)24-21-11-13-30(34(31,32)18-6-3-2-4-7-18)25(21)28-23(27-24)20-8-5-9-22-19(20)10-12-26-22/h2-13,17,26H,14-16H2,1H3/t17-/m1/s1. The van der Waals surface area contributed by atoms with Crippen LogP contribution in [-0.2, 0) is 14.8 Å². The zero-order valence-electron chi connectivity index (χ0n) is 18.5. The number of H-pyrrole nitrogens is 1. The maximum atomic E-state index is 13.5. The Hall–Kier alpha value is -3.69. The van der Waals surface area contributed by atoms with Gasteiger partial charge in [-0.25, -0.2) is 22.4 Å². The first-order valence-electron chi connectivity index (χ1n) is 11.1. The summed E-state index contributed by atoms with van der Waals surface area (Å²) in [5.41, 5.74) is 2.16. The zero-order valence-corrected chi connectivity index (χ0v) is 19.4. The van der Waals surface area contributed by atoms with Gasteiger partial charge in [0.15, 0.2) is 11.5 Å². The lowest BCUT2D eigenvalue weighted by molar-refractivity contribution is 0.0987. The van der Waals surface area contributed by atoms with Crippen LogP contribution in [0.15, 0.2) is 78.0 Å². The maximum Gasteiger partial charge on any atom is 0.269 e. The van der Waals surface area contributed by atoms with Gasteiger partial charge in [-0.05, 0) is 37.3 Å². The summed E-state index contributed by atoms with van der Waals surface area (Å²) >= 11 is 0. The van der Waals surface area contributed by atoms with Gasteiger partial charge in [-0.15, -0.1) is 0 Å². The maximum absolute atomic E-state index is 13.5. The molecule has 4 heterocycles. The molecule has 1 atom stereocenters. The highest BCUT2D eigenvalue weighted by Gasteiger charge is 2.27. The lowest BCUT2D eigenvalue weighted by atomic mass is 10.1. The van der Waals surface area contributed by atoms with E-state index in [4.69, 9.17) is 14.7 Å². The lowest BCUT2D eigenvalue weighted by Crippen LogP contribution is -2.44. The number of aromatic nitrogens is 4. The number of nitrogens with zero attached hydrogens (tertiary/aromatic N) is 4. The Morgan fingerprint density at radius 1 is 1.00 bits per heavy atom. The van der Waals surface area contributed by atoms with Gasteiger partial charge < -0.3 is 14.6 Å². The van der Waals surface area contributed by atoms with Crippen LogP contribution < -0.4 is 4.90 Å². The molecule has 0 aliphatic carbocycles. The van der Waals surface area contributed by atoms with Crippen LogP contribution in [0.4, 0.5) is 5.82 Å². The highest BCUT2D eigenvalue weighted by molar-refractivity contribution is 7.90. The Labute approximate surface area is 196 Å². The second-order valence-electron chi connectivity index (χ2n) is 8.40. The van der Waals surface area contributed by atoms with Crippen molar-refractivity contribution in [3.63, 3.8) is 0 Å². The van der Waals surface area contributed by atoms with Gasteiger partial charge in [-0.1, -0.05) is 30.3 Å². The van der Waals surface area contributed by atoms with Crippen LogP contribution in [0.5, 0.6) is 0 Å². The number of hydrogen-bond acceptors (Lipinski definition) is 6. The molecule has 172 valence electrons. The van der Waals surface area contributed by atoms with Crippen molar-refractivity contribution < 1.29 is 13.2 Å². The molecule has 2 aromatic carbocycles. The first-order chi connectivity index (χ1) is 16.5. The van der Waals surface area contributed by atoms with Gasteiger partial charge in [0.2, 0.25) is 0 Å². The van der Waals surface area contributed by atoms with Gasteiger partial charge in [0.05, 0.1) is 29.5 Å². The summed E-state index contributed by atoms with van der Waals surface area (Å²) in [5.74, 6) is 1.19. The summed E-state index contributed by atoms with van der Waals surface area (Å²) in [7, 11) is -3.84. The summed E-state index contributed by atoms with van der Waals surface area (Å²) in [5, 5.41) is 1.67. The molecule has 1 saturated heterocycles. The van der Waals surface area contributed by atoms with E-state index >= 15 is 0 Å². The summed E-state index contributed by atoms with van der Waals surface area (Å²) in [6, 6.07) is 18.2. The lowest BCUT2D eigenvalue weighted by Gasteiger charge is -2.34. The number of benzene rings is 2. The molecule has 0 bridgehead atoms. The predicted molar refractivity (Wildman–Crippen MR) is 131 cm³/mol. The number of fused-ring (bicyclic) bond motifs is 2. The number of morpholine rings is 1. The number of ether oxygens (including phenoxy) is 1. The van der Waals surface area contributed by atoms with Crippen LogP contribution in [0.2, 0.25) is 0 Å². The molecule has 0 unspecified atom stereocenters. The van der Waals surface area contributed by atoms with Crippen LogP contribution in [0.25, 0.3) is 33.3 Å². The highest BCUT2D eigenvalue weighted by Crippen LogP contribution is 2.34. The van der Waals surface area contributed by atoms with Crippen molar-refractivity contribution in [1.29, 1.82) is 0 Å². The molecule has 0 amide bonds. The summed E-state index contributed by atoms with van der Waals surface area (Å²) in [6.45, 7) is 3.91. The minimum Gasteiger partial charge on any atom is -0.377 e. The monoisotopic (exact) mass is 473 g/mol. The van der Waals surface area contributed by atoms with E-state index in [1.165, 1.54) is 3.97 Å². The number of nitrogens with one attached hydrogen (secondary N) is 1. The van der Waals surface area contributed by atoms with Crippen molar-refractivity contribution in [2.45, 2.75) is 17.9 Å². The van der Waals surface area contributed by atoms with E-state index < -0.39 is 10.0 Å². The molecule has 0 saturated carbocycles. The van der Waals surface area contributed by atoms with Crippen LogP contribution in [0.1, 0.15) is 6.92 Å². The quantitative estimate of drug-likeness (QED) is 0.423. The molecule has 0 radical (unpaired) electrons. The Morgan fingerprint density at radius 2 is 1.85 bits per heavy atom. The molecule has 0 spiro atoms. The Kier molecular flexibility index (Phi) is 4.89. The molecule has 8 nitrogen and oxygen atoms in total. The largest absolute Gasteiger partial charge is 0.377 e. The second-order valence-corrected chi connectivity index (χ2v) is 10.2. The fourth-order valence-corrected chi connectivity index (χ4v) is 5.85. The molecule has 34 heavy (non-hydrogen) atoms. The third-order valence-corrected chi connectivity index (χ3v) is 7.95. The van der Waals surface area contributed by atoms with Gasteiger partial charge in [0.25, 0.3) is 10.0 Å². The van der Waals surface area contributed by atoms with Gasteiger partial charge >= 0.3 is 0 Å². The molecule has 9 heteroatoms. The Balaban J connectivity index is 1.63. The topological polar surface area (TPSA) is 93.1 Å². The first kappa shape index (κ1) is 20.9. The zero-order chi connectivity index (χ0) is 23.3. The molecule has 3 aromatic heterocycles. The third kappa shape index (κ3) is 3.27. The number of aromatic amines is 1. The smallest absolute Gasteiger partial charge is 0.269 e. The Bertz CT molecular complexity index is 1610. The second kappa shape index (κ2) is 7.96. The van der Waals surface area contributed by atoms with Gasteiger partial charge in [-0.2, -0.15) is 0 Å². The minimum absolute atomic E-state index is 0.0943. The minimum atomic E-state index is -3.84. The molecule has 1 aliphatic heterocycles. The fourth-order valence-electron chi connectivity index (χ4n) is 4.54. The molecular formula is C25H23N5O3S. The third-order valence-electron chi connectivity index (χ3n) is 6.27. The summed E-state index contributed by atoms with van der Waals surface area (Å²) in [6.07, 6.45) is 3.44. The van der Waals surface area contributed by atoms with Crippen LogP contribution in [0, 0.1) is 0 Å². The van der Waals surface area contributed by atoms with Crippen molar-refractivity contribution in [3.05, 3.63) is 73.1 Å². The highest BCUT2D eigenvalue weighted by atomic mass is 32.2. The first-order valence-corrected chi connectivity index (χ1v) is 12.6. The van der Waals surface area contributed by atoms with Crippen molar-refractivity contribution >= 4 is 37.8 Å². The average molecular weight is 474 g/mol. The SMILES string of the molecule is C[C@@H]1COCCN1c1nc(-c2cccc3[nH]ccc23)nc2c1ccn2S(=O)(=O)c1ccccc1. The van der Waals surface area contributed by atoms with E-state index in [9.17, 15) is 8.42 Å². The van der Waals surface area contributed by atoms with E-state index in [2.05, 4.69) is 16.8 Å². The molecule has 5 aromatic rings. The summed E-state index contributed by atoms with van der Waals surface area (Å²) in [4.78, 5) is 15.4. The predicted octanol–water partition coefficient (Wildman–Crippen LogP) is 4.04. The average Bonchev–Trinajstić information content (AvgIpc) is 3.52. The van der Waals surface area contributed by atoms with Crippen LogP contribution in [-0.4, -0.2) is 53.1 Å². The Morgan fingerprint density at radius 3 is 2.68 bits per heavy atom. The van der Waals surface area contributed by atoms with Gasteiger partial charge in [0.1, 0.15) is 5.82 Å². The molecule has 1 aliphatic rings. The van der Waals surface area contributed by atoms with Crippen molar-refractivity contribution in [2.24, 2.45) is 0 Å². The van der Waals surface area contributed by atoms with E-state index in [1.54, 1.807) is 42.6 Å². The van der Waals surface area contributed by atoms with Crippen LogP contribution >= 0.6 is 0 Å². The molecule has 1 fully saturated rings. The molecule has 1 N–H and O–H groups in total. The van der Waals surface area contributed by atoms with Crippen LogP contribution in [0.3, 0.4) is 0 Å². The number of rotatable bonds is 4. The number of anilines is 1. The summed E-state index contributed by atoms with van der Waals surface area (Å²) < 4.78 is 34.0. The van der Waals surface area contributed by atoms with Crippen molar-refractivity contribution in [1.82, 2.24) is 18.9 Å². The van der Waals surface area contributed by atoms with Crippen molar-refractivity contribution in [3.8, 4) is 11.4 Å².